The Morgan fingerprint density at radius 3 is 2.71 bits per heavy atom. The Labute approximate surface area is 181 Å². The molecule has 1 amide bonds. The average Bonchev–Trinajstić information content (AvgIpc) is 2.73. The number of nitrogens with one attached hydrogen (secondary N) is 1. The zero-order valence-electron chi connectivity index (χ0n) is 17.9. The second kappa shape index (κ2) is 8.26. The Morgan fingerprint density at radius 1 is 1.16 bits per heavy atom. The quantitative estimate of drug-likeness (QED) is 0.585. The molecule has 31 heavy (non-hydrogen) atoms. The molecule has 0 saturated carbocycles. The van der Waals surface area contributed by atoms with E-state index in [0.29, 0.717) is 12.5 Å². The van der Waals surface area contributed by atoms with E-state index in [1.807, 2.05) is 39.1 Å². The van der Waals surface area contributed by atoms with Crippen LogP contribution in [0, 0.1) is 6.92 Å². The molecule has 0 aliphatic carbocycles. The highest BCUT2D eigenvalue weighted by Gasteiger charge is 2.26. The molecular formula is C24H26N4O3. The van der Waals surface area contributed by atoms with Gasteiger partial charge in [0.1, 0.15) is 11.5 Å². The summed E-state index contributed by atoms with van der Waals surface area (Å²) in [7, 11) is 0. The van der Waals surface area contributed by atoms with Crippen molar-refractivity contribution in [3.63, 3.8) is 0 Å². The summed E-state index contributed by atoms with van der Waals surface area (Å²) in [4.78, 5) is 23.8. The van der Waals surface area contributed by atoms with Crippen molar-refractivity contribution < 1.29 is 15.0 Å². The molecule has 0 atom stereocenters. The van der Waals surface area contributed by atoms with E-state index in [1.54, 1.807) is 4.90 Å². The summed E-state index contributed by atoms with van der Waals surface area (Å²) >= 11 is 0. The minimum absolute atomic E-state index is 0.0794. The fourth-order valence-electron chi connectivity index (χ4n) is 3.86. The molecule has 160 valence electrons. The van der Waals surface area contributed by atoms with E-state index in [2.05, 4.69) is 16.4 Å². The van der Waals surface area contributed by atoms with Crippen LogP contribution in [0.25, 0.3) is 11.3 Å². The number of carbonyl (C=O) groups excluding carboxylic acids is 1. The highest BCUT2D eigenvalue weighted by molar-refractivity contribution is 6.08. The van der Waals surface area contributed by atoms with Crippen molar-refractivity contribution in [1.82, 2.24) is 9.97 Å². The van der Waals surface area contributed by atoms with Crippen LogP contribution in [-0.4, -0.2) is 38.7 Å². The maximum absolute atomic E-state index is 13.1. The van der Waals surface area contributed by atoms with Gasteiger partial charge in [0.2, 0.25) is 5.95 Å². The predicted molar refractivity (Wildman–Crippen MR) is 121 cm³/mol. The van der Waals surface area contributed by atoms with E-state index in [-0.39, 0.29) is 29.0 Å². The maximum atomic E-state index is 13.1. The lowest BCUT2D eigenvalue weighted by Crippen LogP contribution is -2.35. The van der Waals surface area contributed by atoms with Crippen LogP contribution in [0.5, 0.6) is 11.5 Å². The number of phenolic OH excluding ortho intramolecular Hbond substituents is 2. The summed E-state index contributed by atoms with van der Waals surface area (Å²) in [5.41, 5.74) is 4.89. The number of aromatic hydroxyl groups is 2. The molecule has 0 spiro atoms. The highest BCUT2D eigenvalue weighted by Crippen LogP contribution is 2.34. The molecule has 2 aromatic carbocycles. The van der Waals surface area contributed by atoms with Gasteiger partial charge >= 0.3 is 0 Å². The topological polar surface area (TPSA) is 98.6 Å². The highest BCUT2D eigenvalue weighted by atomic mass is 16.3. The van der Waals surface area contributed by atoms with Crippen molar-refractivity contribution in [1.29, 1.82) is 0 Å². The molecule has 0 saturated heterocycles. The Morgan fingerprint density at radius 2 is 1.97 bits per heavy atom. The number of phenols is 2. The Kier molecular flexibility index (Phi) is 5.50. The van der Waals surface area contributed by atoms with Crippen molar-refractivity contribution in [2.75, 3.05) is 16.8 Å². The molecule has 1 aromatic heterocycles. The third kappa shape index (κ3) is 4.17. The summed E-state index contributed by atoms with van der Waals surface area (Å²) < 4.78 is 0. The summed E-state index contributed by atoms with van der Waals surface area (Å²) in [5.74, 6) is 0.000542. The van der Waals surface area contributed by atoms with Gasteiger partial charge in [0.25, 0.3) is 5.91 Å². The van der Waals surface area contributed by atoms with Gasteiger partial charge < -0.3 is 20.4 Å². The standard InChI is InChI=1S/C24H26N4O3/c1-14(2)26-24-25-13-15(3)22(27-24)17-6-9-20-16(11-17)5-4-10-28(20)23(31)19-8-7-18(29)12-21(19)30/h6-9,11-14,29-30H,4-5,10H2,1-3H3,(H,25,26,27). The van der Waals surface area contributed by atoms with Gasteiger partial charge in [-0.3, -0.25) is 4.79 Å². The second-order valence-electron chi connectivity index (χ2n) is 8.13. The third-order valence-corrected chi connectivity index (χ3v) is 5.32. The van der Waals surface area contributed by atoms with Gasteiger partial charge in [0, 0.05) is 36.1 Å². The summed E-state index contributed by atoms with van der Waals surface area (Å²) in [5, 5.41) is 22.9. The van der Waals surface area contributed by atoms with Crippen LogP contribution in [0.1, 0.15) is 41.8 Å². The number of benzene rings is 2. The van der Waals surface area contributed by atoms with Crippen LogP contribution in [0.4, 0.5) is 11.6 Å². The smallest absolute Gasteiger partial charge is 0.262 e. The van der Waals surface area contributed by atoms with Crippen LogP contribution < -0.4 is 10.2 Å². The van der Waals surface area contributed by atoms with Crippen molar-refractivity contribution >= 4 is 17.5 Å². The number of hydrogen-bond acceptors (Lipinski definition) is 6. The van der Waals surface area contributed by atoms with E-state index in [0.717, 1.165) is 40.9 Å². The number of aryl methyl sites for hydroxylation is 2. The lowest BCUT2D eigenvalue weighted by Gasteiger charge is -2.30. The monoisotopic (exact) mass is 418 g/mol. The molecule has 2 heterocycles. The van der Waals surface area contributed by atoms with Gasteiger partial charge in [-0.05, 0) is 69.0 Å². The van der Waals surface area contributed by atoms with Crippen LogP contribution in [-0.2, 0) is 6.42 Å². The van der Waals surface area contributed by atoms with E-state index in [1.165, 1.54) is 18.2 Å². The summed E-state index contributed by atoms with van der Waals surface area (Å²) in [6, 6.07) is 10.3. The second-order valence-corrected chi connectivity index (χ2v) is 8.13. The number of rotatable bonds is 4. The molecule has 0 radical (unpaired) electrons. The molecule has 7 heteroatoms. The number of amides is 1. The number of fused-ring (bicyclic) bond motifs is 1. The Bertz CT molecular complexity index is 1140. The predicted octanol–water partition coefficient (Wildman–Crippen LogP) is 4.28. The number of carbonyl (C=O) groups is 1. The van der Waals surface area contributed by atoms with Crippen molar-refractivity contribution in [3.8, 4) is 22.8 Å². The van der Waals surface area contributed by atoms with E-state index in [9.17, 15) is 15.0 Å². The zero-order chi connectivity index (χ0) is 22.1. The first-order chi connectivity index (χ1) is 14.8. The number of anilines is 2. The molecule has 4 rings (SSSR count). The lowest BCUT2D eigenvalue weighted by molar-refractivity contribution is 0.0982. The fourth-order valence-corrected chi connectivity index (χ4v) is 3.86. The molecule has 0 bridgehead atoms. The van der Waals surface area contributed by atoms with E-state index >= 15 is 0 Å². The van der Waals surface area contributed by atoms with E-state index < -0.39 is 0 Å². The van der Waals surface area contributed by atoms with Gasteiger partial charge in [0.05, 0.1) is 11.3 Å². The molecule has 0 fully saturated rings. The fraction of sp³-hybridized carbons (Fsp3) is 0.292. The number of nitrogens with zero attached hydrogens (tertiary/aromatic N) is 3. The lowest BCUT2D eigenvalue weighted by atomic mass is 9.96. The first-order valence-corrected chi connectivity index (χ1v) is 10.4. The Balaban J connectivity index is 1.69. The molecule has 1 aliphatic rings. The number of aromatic nitrogens is 2. The molecule has 7 nitrogen and oxygen atoms in total. The number of hydrogen-bond donors (Lipinski definition) is 3. The van der Waals surface area contributed by atoms with Gasteiger partial charge in [-0.2, -0.15) is 0 Å². The molecule has 0 unspecified atom stereocenters. The third-order valence-electron chi connectivity index (χ3n) is 5.32. The molecular weight excluding hydrogens is 392 g/mol. The van der Waals surface area contributed by atoms with Crippen LogP contribution in [0.15, 0.2) is 42.6 Å². The van der Waals surface area contributed by atoms with Crippen LogP contribution in [0.2, 0.25) is 0 Å². The summed E-state index contributed by atoms with van der Waals surface area (Å²) in [6.45, 7) is 6.64. The van der Waals surface area contributed by atoms with E-state index in [4.69, 9.17) is 4.98 Å². The van der Waals surface area contributed by atoms with Crippen molar-refractivity contribution in [2.24, 2.45) is 0 Å². The first kappa shape index (κ1) is 20.7. The minimum Gasteiger partial charge on any atom is -0.508 e. The van der Waals surface area contributed by atoms with Gasteiger partial charge in [-0.15, -0.1) is 0 Å². The van der Waals surface area contributed by atoms with Crippen LogP contribution in [0.3, 0.4) is 0 Å². The Hall–Kier alpha value is -3.61. The first-order valence-electron chi connectivity index (χ1n) is 10.4. The molecule has 1 aliphatic heterocycles. The van der Waals surface area contributed by atoms with Gasteiger partial charge in [0.15, 0.2) is 0 Å². The average molecular weight is 418 g/mol. The maximum Gasteiger partial charge on any atom is 0.262 e. The minimum atomic E-state index is -0.284. The van der Waals surface area contributed by atoms with Gasteiger partial charge in [-0.1, -0.05) is 6.07 Å². The summed E-state index contributed by atoms with van der Waals surface area (Å²) in [6.07, 6.45) is 3.50. The largest absolute Gasteiger partial charge is 0.508 e. The SMILES string of the molecule is Cc1cnc(NC(C)C)nc1-c1ccc2c(c1)CCCN2C(=O)c1ccc(O)cc1O. The van der Waals surface area contributed by atoms with Gasteiger partial charge in [-0.25, -0.2) is 9.97 Å². The zero-order valence-corrected chi connectivity index (χ0v) is 17.9. The molecule has 3 N–H and O–H groups in total. The normalized spacial score (nSPS) is 13.2. The van der Waals surface area contributed by atoms with Crippen LogP contribution >= 0.6 is 0 Å². The van der Waals surface area contributed by atoms with Crippen molar-refractivity contribution in [3.05, 3.63) is 59.3 Å². The molecule has 3 aromatic rings. The van der Waals surface area contributed by atoms with Crippen molar-refractivity contribution in [2.45, 2.75) is 39.7 Å².